The molecule has 4 nitrogen and oxygen atoms in total. The van der Waals surface area contributed by atoms with Crippen molar-refractivity contribution in [2.75, 3.05) is 6.54 Å². The molecule has 0 aliphatic heterocycles. The van der Waals surface area contributed by atoms with Gasteiger partial charge in [0.1, 0.15) is 5.84 Å². The van der Waals surface area contributed by atoms with E-state index in [1.165, 1.54) is 19.3 Å². The largest absolute Gasteiger partial charge is 0.409 e. The Kier molecular flexibility index (Phi) is 8.81. The molecule has 0 amide bonds. The molecule has 0 radical (unpaired) electrons. The second-order valence-electron chi connectivity index (χ2n) is 5.67. The van der Waals surface area contributed by atoms with E-state index in [1.807, 2.05) is 13.8 Å². The van der Waals surface area contributed by atoms with E-state index in [0.717, 1.165) is 25.8 Å². The van der Waals surface area contributed by atoms with Crippen molar-refractivity contribution in [3.05, 3.63) is 0 Å². The predicted molar refractivity (Wildman–Crippen MR) is 78.0 cm³/mol. The first-order valence-corrected chi connectivity index (χ1v) is 7.19. The number of unbranched alkanes of at least 4 members (excludes halogenated alkanes) is 1. The zero-order valence-corrected chi connectivity index (χ0v) is 12.5. The van der Waals surface area contributed by atoms with Gasteiger partial charge in [-0.25, -0.2) is 0 Å². The minimum absolute atomic E-state index is 0.206. The summed E-state index contributed by atoms with van der Waals surface area (Å²) >= 11 is 0. The summed E-state index contributed by atoms with van der Waals surface area (Å²) in [6.45, 7) is 9.55. The van der Waals surface area contributed by atoms with Crippen molar-refractivity contribution in [1.29, 1.82) is 0 Å². The molecule has 0 fully saturated rings. The maximum atomic E-state index is 8.69. The van der Waals surface area contributed by atoms with Gasteiger partial charge in [-0.2, -0.15) is 0 Å². The number of amidine groups is 1. The summed E-state index contributed by atoms with van der Waals surface area (Å²) in [6, 6.07) is 0.659. The quantitative estimate of drug-likeness (QED) is 0.185. The van der Waals surface area contributed by atoms with Gasteiger partial charge in [-0.3, -0.25) is 0 Å². The van der Waals surface area contributed by atoms with Crippen LogP contribution in [0.25, 0.3) is 0 Å². The molecule has 0 heterocycles. The van der Waals surface area contributed by atoms with Crippen LogP contribution < -0.4 is 11.1 Å². The summed E-state index contributed by atoms with van der Waals surface area (Å²) in [7, 11) is 0. The molecule has 1 atom stereocenters. The Hall–Kier alpha value is -0.770. The number of rotatable bonds is 10. The fourth-order valence-electron chi connectivity index (χ4n) is 2.06. The summed E-state index contributed by atoms with van der Waals surface area (Å²) < 4.78 is 0. The van der Waals surface area contributed by atoms with E-state index in [0.29, 0.717) is 11.9 Å². The topological polar surface area (TPSA) is 70.6 Å². The van der Waals surface area contributed by atoms with Gasteiger partial charge in [-0.1, -0.05) is 45.7 Å². The Morgan fingerprint density at radius 3 is 2.50 bits per heavy atom. The molecule has 4 heteroatoms. The number of nitrogens with two attached hydrogens (primary N) is 1. The Morgan fingerprint density at radius 2 is 2.00 bits per heavy atom. The maximum absolute atomic E-state index is 8.69. The van der Waals surface area contributed by atoms with Gasteiger partial charge in [-0.15, -0.1) is 0 Å². The Labute approximate surface area is 112 Å². The molecule has 0 rings (SSSR count). The van der Waals surface area contributed by atoms with E-state index in [9.17, 15) is 0 Å². The van der Waals surface area contributed by atoms with Crippen LogP contribution in [-0.4, -0.2) is 23.6 Å². The molecule has 1 unspecified atom stereocenters. The van der Waals surface area contributed by atoms with Crippen LogP contribution in [0.15, 0.2) is 5.16 Å². The van der Waals surface area contributed by atoms with Crippen LogP contribution in [0.4, 0.5) is 0 Å². The van der Waals surface area contributed by atoms with Crippen LogP contribution in [0.2, 0.25) is 0 Å². The molecular formula is C14H31N3O. The number of hydrogen-bond acceptors (Lipinski definition) is 3. The smallest absolute Gasteiger partial charge is 0.144 e. The third-order valence-electron chi connectivity index (χ3n) is 3.59. The Bertz CT molecular complexity index is 239. The predicted octanol–water partition coefficient (Wildman–Crippen LogP) is 3.10. The molecule has 0 spiro atoms. The average Bonchev–Trinajstić information content (AvgIpc) is 2.35. The highest BCUT2D eigenvalue weighted by Crippen LogP contribution is 2.23. The minimum Gasteiger partial charge on any atom is -0.409 e. The highest BCUT2D eigenvalue weighted by molar-refractivity contribution is 5.85. The first kappa shape index (κ1) is 17.2. The summed E-state index contributed by atoms with van der Waals surface area (Å²) in [4.78, 5) is 0. The fraction of sp³-hybridized carbons (Fsp3) is 0.929. The zero-order chi connectivity index (χ0) is 14.0. The lowest BCUT2D eigenvalue weighted by Crippen LogP contribution is -2.32. The number of hydrogen-bond donors (Lipinski definition) is 3. The molecule has 0 aromatic carbocycles. The molecule has 0 aliphatic carbocycles. The Morgan fingerprint density at radius 1 is 1.33 bits per heavy atom. The van der Waals surface area contributed by atoms with Crippen LogP contribution in [-0.2, 0) is 0 Å². The van der Waals surface area contributed by atoms with Crippen molar-refractivity contribution in [3.8, 4) is 0 Å². The van der Waals surface area contributed by atoms with Gasteiger partial charge in [-0.05, 0) is 32.2 Å². The van der Waals surface area contributed by atoms with Gasteiger partial charge >= 0.3 is 0 Å². The van der Waals surface area contributed by atoms with Gasteiger partial charge in [0.2, 0.25) is 0 Å². The third kappa shape index (κ3) is 6.84. The SMILES string of the molecule is CCCC(CC)NCCCCC(C)(C)C(N)=NO. The third-order valence-corrected chi connectivity index (χ3v) is 3.59. The molecule has 0 aromatic rings. The van der Waals surface area contributed by atoms with E-state index >= 15 is 0 Å². The summed E-state index contributed by atoms with van der Waals surface area (Å²) in [5.74, 6) is 0.327. The molecule has 0 bridgehead atoms. The molecule has 108 valence electrons. The van der Waals surface area contributed by atoms with E-state index in [1.54, 1.807) is 0 Å². The first-order chi connectivity index (χ1) is 8.47. The van der Waals surface area contributed by atoms with Gasteiger partial charge < -0.3 is 16.3 Å². The van der Waals surface area contributed by atoms with Crippen molar-refractivity contribution in [3.63, 3.8) is 0 Å². The molecule has 0 aliphatic rings. The molecular weight excluding hydrogens is 226 g/mol. The van der Waals surface area contributed by atoms with Gasteiger partial charge in [0, 0.05) is 11.5 Å². The monoisotopic (exact) mass is 257 g/mol. The van der Waals surface area contributed by atoms with Crippen LogP contribution in [0, 0.1) is 5.41 Å². The van der Waals surface area contributed by atoms with Crippen LogP contribution in [0.1, 0.15) is 66.2 Å². The first-order valence-electron chi connectivity index (χ1n) is 7.19. The molecule has 4 N–H and O–H groups in total. The van der Waals surface area contributed by atoms with Crippen LogP contribution >= 0.6 is 0 Å². The van der Waals surface area contributed by atoms with E-state index in [-0.39, 0.29) is 5.41 Å². The summed E-state index contributed by atoms with van der Waals surface area (Å²) in [5.41, 5.74) is 5.45. The number of nitrogens with one attached hydrogen (secondary N) is 1. The maximum Gasteiger partial charge on any atom is 0.144 e. The van der Waals surface area contributed by atoms with Crippen molar-refractivity contribution in [1.82, 2.24) is 5.32 Å². The van der Waals surface area contributed by atoms with Gasteiger partial charge in [0.05, 0.1) is 0 Å². The van der Waals surface area contributed by atoms with Crippen molar-refractivity contribution in [2.45, 2.75) is 72.3 Å². The van der Waals surface area contributed by atoms with E-state index < -0.39 is 0 Å². The molecule has 0 aromatic heterocycles. The summed E-state index contributed by atoms with van der Waals surface area (Å²) in [5, 5.41) is 15.4. The fourth-order valence-corrected chi connectivity index (χ4v) is 2.06. The number of nitrogens with zero attached hydrogens (tertiary/aromatic N) is 1. The molecule has 18 heavy (non-hydrogen) atoms. The number of oxime groups is 1. The second-order valence-corrected chi connectivity index (χ2v) is 5.67. The van der Waals surface area contributed by atoms with Crippen molar-refractivity contribution in [2.24, 2.45) is 16.3 Å². The lowest BCUT2D eigenvalue weighted by Gasteiger charge is -2.23. The molecule has 0 saturated carbocycles. The highest BCUT2D eigenvalue weighted by atomic mass is 16.4. The van der Waals surface area contributed by atoms with E-state index in [4.69, 9.17) is 10.9 Å². The highest BCUT2D eigenvalue weighted by Gasteiger charge is 2.22. The lowest BCUT2D eigenvalue weighted by atomic mass is 9.86. The normalized spacial score (nSPS) is 14.8. The zero-order valence-electron chi connectivity index (χ0n) is 12.5. The minimum atomic E-state index is -0.206. The second kappa shape index (κ2) is 9.20. The Balaban J connectivity index is 3.74. The van der Waals surface area contributed by atoms with Crippen LogP contribution in [0.5, 0.6) is 0 Å². The average molecular weight is 257 g/mol. The standard InChI is InChI=1S/C14H31N3O/c1-5-9-12(6-2)16-11-8-7-10-14(3,4)13(15)17-18/h12,16,18H,5-11H2,1-4H3,(H2,15,17). The van der Waals surface area contributed by atoms with Gasteiger partial charge in [0.25, 0.3) is 0 Å². The lowest BCUT2D eigenvalue weighted by molar-refractivity contribution is 0.304. The van der Waals surface area contributed by atoms with Gasteiger partial charge in [0.15, 0.2) is 0 Å². The molecule has 0 saturated heterocycles. The van der Waals surface area contributed by atoms with Crippen molar-refractivity contribution < 1.29 is 5.21 Å². The van der Waals surface area contributed by atoms with Crippen LogP contribution in [0.3, 0.4) is 0 Å². The van der Waals surface area contributed by atoms with E-state index in [2.05, 4.69) is 24.3 Å². The van der Waals surface area contributed by atoms with Crippen molar-refractivity contribution >= 4 is 5.84 Å². The summed E-state index contributed by atoms with van der Waals surface area (Å²) in [6.07, 6.45) is 6.88.